The van der Waals surface area contributed by atoms with Gasteiger partial charge in [-0.05, 0) is 35.9 Å². The molecule has 1 aromatic heterocycles. The Morgan fingerprint density at radius 3 is 2.71 bits per heavy atom. The zero-order chi connectivity index (χ0) is 22.3. The van der Waals surface area contributed by atoms with E-state index < -0.39 is 28.1 Å². The van der Waals surface area contributed by atoms with Crippen molar-refractivity contribution in [3.05, 3.63) is 47.3 Å². The van der Waals surface area contributed by atoms with E-state index in [1.165, 1.54) is 10.4 Å². The van der Waals surface area contributed by atoms with Crippen molar-refractivity contribution in [1.29, 1.82) is 0 Å². The molecule has 2 aromatic rings. The summed E-state index contributed by atoms with van der Waals surface area (Å²) in [5.74, 6) is -0.927. The van der Waals surface area contributed by atoms with Crippen molar-refractivity contribution in [2.45, 2.75) is 23.3 Å². The number of amides is 2. The van der Waals surface area contributed by atoms with Crippen LogP contribution >= 0.6 is 11.3 Å². The van der Waals surface area contributed by atoms with Crippen LogP contribution in [0.15, 0.2) is 46.0 Å². The highest BCUT2D eigenvalue weighted by molar-refractivity contribution is 7.91. The molecule has 11 heteroatoms. The zero-order valence-corrected chi connectivity index (χ0v) is 18.7. The van der Waals surface area contributed by atoms with E-state index in [2.05, 4.69) is 10.6 Å². The van der Waals surface area contributed by atoms with Crippen LogP contribution in [0.2, 0.25) is 0 Å². The molecule has 3 rings (SSSR count). The lowest BCUT2D eigenvalue weighted by atomic mass is 10.1. The number of para-hydroxylation sites is 1. The van der Waals surface area contributed by atoms with Gasteiger partial charge in [0.05, 0.1) is 20.3 Å². The first-order valence-electron chi connectivity index (χ1n) is 9.78. The van der Waals surface area contributed by atoms with Gasteiger partial charge in [0.25, 0.3) is 10.0 Å². The molecule has 9 nitrogen and oxygen atoms in total. The van der Waals surface area contributed by atoms with Gasteiger partial charge in [-0.1, -0.05) is 24.3 Å². The smallest absolute Gasteiger partial charge is 0.309 e. The fourth-order valence-corrected chi connectivity index (χ4v) is 5.87. The molecule has 1 atom stereocenters. The van der Waals surface area contributed by atoms with Gasteiger partial charge >= 0.3 is 11.8 Å². The second-order valence-corrected chi connectivity index (χ2v) is 9.82. The summed E-state index contributed by atoms with van der Waals surface area (Å²) in [6, 6.07) is 10.6. The van der Waals surface area contributed by atoms with E-state index in [0.717, 1.165) is 16.9 Å². The largest absolute Gasteiger partial charge is 0.496 e. The molecular formula is C20H25N3O6S2. The average Bonchev–Trinajstić information content (AvgIpc) is 3.34. The van der Waals surface area contributed by atoms with Crippen LogP contribution < -0.4 is 15.4 Å². The van der Waals surface area contributed by atoms with E-state index in [1.807, 2.05) is 24.3 Å². The summed E-state index contributed by atoms with van der Waals surface area (Å²) in [6.45, 7) is 0.794. The van der Waals surface area contributed by atoms with Crippen molar-refractivity contribution < 1.29 is 27.5 Å². The van der Waals surface area contributed by atoms with E-state index in [0.29, 0.717) is 25.2 Å². The number of hydrogen-bond acceptors (Lipinski definition) is 7. The third-order valence-corrected chi connectivity index (χ3v) is 7.99. The second-order valence-electron chi connectivity index (χ2n) is 6.75. The van der Waals surface area contributed by atoms with Crippen molar-refractivity contribution in [1.82, 2.24) is 14.9 Å². The molecule has 2 N–H and O–H groups in total. The van der Waals surface area contributed by atoms with Crippen LogP contribution in [0.5, 0.6) is 5.75 Å². The van der Waals surface area contributed by atoms with Gasteiger partial charge in [-0.25, -0.2) is 8.42 Å². The van der Waals surface area contributed by atoms with E-state index in [4.69, 9.17) is 9.47 Å². The molecule has 31 heavy (non-hydrogen) atoms. The lowest BCUT2D eigenvalue weighted by molar-refractivity contribution is -0.140. The number of nitrogens with zero attached hydrogens (tertiary/aromatic N) is 1. The molecule has 1 saturated heterocycles. The number of nitrogens with one attached hydrogen (secondary N) is 2. The average molecular weight is 468 g/mol. The van der Waals surface area contributed by atoms with Gasteiger partial charge in [-0.3, -0.25) is 9.59 Å². The molecule has 1 aliphatic heterocycles. The van der Waals surface area contributed by atoms with Gasteiger partial charge in [0.15, 0.2) is 0 Å². The first-order valence-corrected chi connectivity index (χ1v) is 12.1. The Morgan fingerprint density at radius 1 is 1.19 bits per heavy atom. The van der Waals surface area contributed by atoms with E-state index in [-0.39, 0.29) is 23.8 Å². The van der Waals surface area contributed by atoms with Crippen molar-refractivity contribution >= 4 is 33.2 Å². The number of hydrogen-bond donors (Lipinski definition) is 2. The molecule has 1 aromatic carbocycles. The van der Waals surface area contributed by atoms with Crippen molar-refractivity contribution in [3.63, 3.8) is 0 Å². The summed E-state index contributed by atoms with van der Waals surface area (Å²) in [4.78, 5) is 24.3. The SMILES string of the molecule is COc1ccccc1CCNC(=O)C(=O)NC[C@H]1OCCCN1S(=O)(=O)c1cccs1. The highest BCUT2D eigenvalue weighted by Crippen LogP contribution is 2.25. The molecule has 2 amide bonds. The fraction of sp³-hybridized carbons (Fsp3) is 0.400. The first-order chi connectivity index (χ1) is 14.9. The molecule has 168 valence electrons. The van der Waals surface area contributed by atoms with Gasteiger partial charge in [0.2, 0.25) is 0 Å². The number of sulfonamides is 1. The molecule has 1 aliphatic rings. The number of methoxy groups -OCH3 is 1. The Kier molecular flexibility index (Phi) is 8.02. The predicted molar refractivity (Wildman–Crippen MR) is 115 cm³/mol. The van der Waals surface area contributed by atoms with Crippen LogP contribution in [-0.4, -0.2) is 64.1 Å². The van der Waals surface area contributed by atoms with Crippen molar-refractivity contribution in [2.75, 3.05) is 33.4 Å². The van der Waals surface area contributed by atoms with Crippen LogP contribution in [0.3, 0.4) is 0 Å². The normalized spacial score (nSPS) is 17.1. The minimum absolute atomic E-state index is 0.122. The molecule has 0 radical (unpaired) electrons. The van der Waals surface area contributed by atoms with Gasteiger partial charge < -0.3 is 20.1 Å². The first kappa shape index (κ1) is 23.2. The van der Waals surface area contributed by atoms with E-state index >= 15 is 0 Å². The molecule has 0 aliphatic carbocycles. The Morgan fingerprint density at radius 2 is 1.97 bits per heavy atom. The second kappa shape index (κ2) is 10.7. The molecule has 0 saturated carbocycles. The fourth-order valence-electron chi connectivity index (χ4n) is 3.19. The Bertz CT molecular complexity index is 994. The molecular weight excluding hydrogens is 442 g/mol. The summed E-state index contributed by atoms with van der Waals surface area (Å²) < 4.78 is 37.9. The maximum absolute atomic E-state index is 12.8. The van der Waals surface area contributed by atoms with E-state index in [1.54, 1.807) is 18.6 Å². The number of carbonyl (C=O) groups excluding carboxylic acids is 2. The standard InChI is InChI=1S/C20H25N3O6S2/c1-28-16-7-3-2-6-15(16)9-10-21-19(24)20(25)22-14-17-23(11-5-12-29-17)31(26,27)18-8-4-13-30-18/h2-4,6-8,13,17H,5,9-12,14H2,1H3,(H,21,24)(H,22,25)/t17-/m1/s1. The molecule has 1 fully saturated rings. The third kappa shape index (κ3) is 5.82. The zero-order valence-electron chi connectivity index (χ0n) is 17.1. The summed E-state index contributed by atoms with van der Waals surface area (Å²) in [5.41, 5.74) is 0.913. The van der Waals surface area contributed by atoms with Crippen molar-refractivity contribution in [3.8, 4) is 5.75 Å². The van der Waals surface area contributed by atoms with Gasteiger partial charge in [0, 0.05) is 13.1 Å². The molecule has 2 heterocycles. The molecule has 0 bridgehead atoms. The van der Waals surface area contributed by atoms with Crippen LogP contribution in [-0.2, 0) is 30.8 Å². The number of carbonyl (C=O) groups is 2. The quantitative estimate of drug-likeness (QED) is 0.559. The van der Waals surface area contributed by atoms with Crippen LogP contribution in [0.1, 0.15) is 12.0 Å². The lowest BCUT2D eigenvalue weighted by Crippen LogP contribution is -2.53. The Balaban J connectivity index is 1.51. The minimum Gasteiger partial charge on any atom is -0.496 e. The summed E-state index contributed by atoms with van der Waals surface area (Å²) >= 11 is 1.12. The molecule has 0 spiro atoms. The van der Waals surface area contributed by atoms with Gasteiger partial charge in [-0.2, -0.15) is 4.31 Å². The number of rotatable bonds is 8. The topological polar surface area (TPSA) is 114 Å². The van der Waals surface area contributed by atoms with E-state index in [9.17, 15) is 18.0 Å². The lowest BCUT2D eigenvalue weighted by Gasteiger charge is -2.34. The third-order valence-electron chi connectivity index (χ3n) is 4.73. The van der Waals surface area contributed by atoms with Crippen LogP contribution in [0, 0.1) is 0 Å². The number of ether oxygens (including phenoxy) is 2. The highest BCUT2D eigenvalue weighted by atomic mass is 32.2. The van der Waals surface area contributed by atoms with Crippen LogP contribution in [0.4, 0.5) is 0 Å². The van der Waals surface area contributed by atoms with Gasteiger partial charge in [0.1, 0.15) is 16.2 Å². The highest BCUT2D eigenvalue weighted by Gasteiger charge is 2.35. The van der Waals surface area contributed by atoms with Crippen LogP contribution in [0.25, 0.3) is 0 Å². The maximum atomic E-state index is 12.8. The van der Waals surface area contributed by atoms with Crippen molar-refractivity contribution in [2.24, 2.45) is 0 Å². The Hall–Kier alpha value is -2.47. The summed E-state index contributed by atoms with van der Waals surface area (Å²) in [6.07, 6.45) is 0.186. The predicted octanol–water partition coefficient (Wildman–Crippen LogP) is 0.969. The summed E-state index contributed by atoms with van der Waals surface area (Å²) in [7, 11) is -2.15. The minimum atomic E-state index is -3.72. The monoisotopic (exact) mass is 467 g/mol. The number of benzene rings is 1. The van der Waals surface area contributed by atoms with Gasteiger partial charge in [-0.15, -0.1) is 11.3 Å². The maximum Gasteiger partial charge on any atom is 0.309 e. The summed E-state index contributed by atoms with van der Waals surface area (Å²) in [5, 5.41) is 6.71. The number of thiophene rings is 1. The molecule has 0 unspecified atom stereocenters. The Labute approximate surface area is 185 Å².